The summed E-state index contributed by atoms with van der Waals surface area (Å²) in [7, 11) is -2.10. The number of benzene rings is 1. The van der Waals surface area contributed by atoms with E-state index in [0.29, 0.717) is 25.4 Å². The molecule has 1 atom stereocenters. The molecule has 1 aromatic rings. The zero-order valence-electron chi connectivity index (χ0n) is 14.0. The van der Waals surface area contributed by atoms with Gasteiger partial charge in [0.1, 0.15) is 11.5 Å². The molecule has 0 N–H and O–H groups in total. The highest BCUT2D eigenvalue weighted by Crippen LogP contribution is 2.44. The maximum atomic E-state index is 12.0. The highest BCUT2D eigenvalue weighted by molar-refractivity contribution is 7.87. The van der Waals surface area contributed by atoms with Gasteiger partial charge in [0.25, 0.3) is 0 Å². The maximum absolute atomic E-state index is 12.0. The first-order chi connectivity index (χ1) is 10.8. The Hall–Kier alpha value is -1.31. The van der Waals surface area contributed by atoms with E-state index in [-0.39, 0.29) is 16.9 Å². The van der Waals surface area contributed by atoms with Crippen molar-refractivity contribution in [1.29, 1.82) is 0 Å². The molecule has 1 unspecified atom stereocenters. The fourth-order valence-corrected chi connectivity index (χ4v) is 3.47. The molecule has 1 aliphatic rings. The molecule has 0 aliphatic carbocycles. The summed E-state index contributed by atoms with van der Waals surface area (Å²) in [5.41, 5.74) is 0.491. The molecule has 0 saturated heterocycles. The third-order valence-corrected chi connectivity index (χ3v) is 4.99. The molecule has 7 heteroatoms. The van der Waals surface area contributed by atoms with Crippen molar-refractivity contribution in [2.75, 3.05) is 26.1 Å². The largest absolute Gasteiger partial charge is 0.464 e. The molecule has 1 aromatic carbocycles. The quantitative estimate of drug-likeness (QED) is 0.533. The summed E-state index contributed by atoms with van der Waals surface area (Å²) in [5, 5.41) is 0. The van der Waals surface area contributed by atoms with E-state index in [4.69, 9.17) is 18.4 Å². The van der Waals surface area contributed by atoms with Crippen molar-refractivity contribution in [2.45, 2.75) is 38.9 Å². The normalized spacial score (nSPS) is 19.2. The zero-order chi connectivity index (χ0) is 17.1. The Labute approximate surface area is 137 Å². The van der Waals surface area contributed by atoms with E-state index < -0.39 is 16.4 Å². The lowest BCUT2D eigenvalue weighted by molar-refractivity contribution is -0.0981. The summed E-state index contributed by atoms with van der Waals surface area (Å²) in [6, 6.07) is 5.02. The van der Waals surface area contributed by atoms with Crippen molar-refractivity contribution in [2.24, 2.45) is 0 Å². The van der Waals surface area contributed by atoms with E-state index in [1.54, 1.807) is 18.2 Å². The van der Waals surface area contributed by atoms with Crippen LogP contribution >= 0.6 is 0 Å². The standard InChI is InChI=1S/C16H24O6S/c1-5-20-15-16(2,3)13-11-12(7-8-14(13)21-15)22-23(17,18)10-6-9-19-4/h7-8,11,15H,5-6,9-10H2,1-4H3. The van der Waals surface area contributed by atoms with Gasteiger partial charge in [0.15, 0.2) is 0 Å². The molecule has 0 amide bonds. The molecular formula is C16H24O6S. The van der Waals surface area contributed by atoms with Crippen LogP contribution in [0.15, 0.2) is 18.2 Å². The number of rotatable bonds is 8. The van der Waals surface area contributed by atoms with Crippen molar-refractivity contribution in [3.05, 3.63) is 23.8 Å². The number of methoxy groups -OCH3 is 1. The predicted octanol–water partition coefficient (Wildman–Crippen LogP) is 2.46. The summed E-state index contributed by atoms with van der Waals surface area (Å²) < 4.78 is 45.4. The van der Waals surface area contributed by atoms with Gasteiger partial charge in [-0.05, 0) is 45.4 Å². The van der Waals surface area contributed by atoms with E-state index in [1.807, 2.05) is 20.8 Å². The summed E-state index contributed by atoms with van der Waals surface area (Å²) >= 11 is 0. The second-order valence-electron chi connectivity index (χ2n) is 5.98. The minimum Gasteiger partial charge on any atom is -0.464 e. The van der Waals surface area contributed by atoms with Crippen LogP contribution in [-0.2, 0) is 25.0 Å². The molecule has 0 saturated carbocycles. The first-order valence-electron chi connectivity index (χ1n) is 7.64. The third kappa shape index (κ3) is 4.16. The van der Waals surface area contributed by atoms with Gasteiger partial charge in [0.2, 0.25) is 6.29 Å². The Bertz CT molecular complexity index is 638. The van der Waals surface area contributed by atoms with Crippen LogP contribution in [-0.4, -0.2) is 40.8 Å². The fraction of sp³-hybridized carbons (Fsp3) is 0.625. The van der Waals surface area contributed by atoms with Crippen LogP contribution in [0, 0.1) is 0 Å². The Morgan fingerprint density at radius 1 is 1.30 bits per heavy atom. The smallest absolute Gasteiger partial charge is 0.309 e. The number of hydrogen-bond donors (Lipinski definition) is 0. The van der Waals surface area contributed by atoms with Crippen molar-refractivity contribution >= 4 is 10.1 Å². The minimum absolute atomic E-state index is 0.0839. The van der Waals surface area contributed by atoms with Crippen LogP contribution in [0.4, 0.5) is 0 Å². The number of ether oxygens (including phenoxy) is 3. The van der Waals surface area contributed by atoms with Crippen molar-refractivity contribution in [3.8, 4) is 11.5 Å². The second-order valence-corrected chi connectivity index (χ2v) is 7.67. The van der Waals surface area contributed by atoms with E-state index >= 15 is 0 Å². The van der Waals surface area contributed by atoms with Crippen molar-refractivity contribution < 1.29 is 26.8 Å². The minimum atomic E-state index is -3.64. The highest BCUT2D eigenvalue weighted by Gasteiger charge is 2.42. The molecule has 0 fully saturated rings. The molecule has 0 bridgehead atoms. The molecular weight excluding hydrogens is 320 g/mol. The molecule has 0 radical (unpaired) electrons. The molecule has 6 nitrogen and oxygen atoms in total. The first kappa shape index (κ1) is 18.0. The molecule has 0 aromatic heterocycles. The number of hydrogen-bond acceptors (Lipinski definition) is 6. The summed E-state index contributed by atoms with van der Waals surface area (Å²) in [6.45, 7) is 6.82. The summed E-state index contributed by atoms with van der Waals surface area (Å²) in [5.74, 6) is 0.895. The lowest BCUT2D eigenvalue weighted by Gasteiger charge is -2.25. The van der Waals surface area contributed by atoms with Gasteiger partial charge in [-0.3, -0.25) is 0 Å². The van der Waals surface area contributed by atoms with Crippen molar-refractivity contribution in [3.63, 3.8) is 0 Å². The Kier molecular flexibility index (Phi) is 5.54. The topological polar surface area (TPSA) is 71.1 Å². The van der Waals surface area contributed by atoms with Gasteiger partial charge in [0, 0.05) is 25.9 Å². The summed E-state index contributed by atoms with van der Waals surface area (Å²) in [6.07, 6.45) is 0.00111. The zero-order valence-corrected chi connectivity index (χ0v) is 14.8. The van der Waals surface area contributed by atoms with Crippen LogP contribution in [0.2, 0.25) is 0 Å². The lowest BCUT2D eigenvalue weighted by atomic mass is 9.85. The molecule has 2 rings (SSSR count). The fourth-order valence-electron chi connectivity index (χ4n) is 2.52. The Morgan fingerprint density at radius 3 is 2.70 bits per heavy atom. The average molecular weight is 344 g/mol. The van der Waals surface area contributed by atoms with Gasteiger partial charge in [-0.2, -0.15) is 8.42 Å². The van der Waals surface area contributed by atoms with Crippen LogP contribution in [0.1, 0.15) is 32.8 Å². The van der Waals surface area contributed by atoms with E-state index in [2.05, 4.69) is 0 Å². The van der Waals surface area contributed by atoms with E-state index in [0.717, 1.165) is 5.56 Å². The Balaban J connectivity index is 2.15. The highest BCUT2D eigenvalue weighted by atomic mass is 32.2. The first-order valence-corrected chi connectivity index (χ1v) is 9.22. The van der Waals surface area contributed by atoms with Gasteiger partial charge in [-0.1, -0.05) is 0 Å². The molecule has 0 spiro atoms. The molecule has 1 heterocycles. The third-order valence-electron chi connectivity index (χ3n) is 3.75. The second kappa shape index (κ2) is 7.07. The average Bonchev–Trinajstić information content (AvgIpc) is 2.71. The van der Waals surface area contributed by atoms with E-state index in [9.17, 15) is 8.42 Å². The monoisotopic (exact) mass is 344 g/mol. The van der Waals surface area contributed by atoms with Gasteiger partial charge < -0.3 is 18.4 Å². The van der Waals surface area contributed by atoms with E-state index in [1.165, 1.54) is 7.11 Å². The SMILES string of the molecule is CCOC1Oc2ccc(OS(=O)(=O)CCCOC)cc2C1(C)C. The maximum Gasteiger partial charge on any atom is 0.309 e. The van der Waals surface area contributed by atoms with Crippen LogP contribution in [0.25, 0.3) is 0 Å². The number of fused-ring (bicyclic) bond motifs is 1. The van der Waals surface area contributed by atoms with Crippen LogP contribution in [0.5, 0.6) is 11.5 Å². The van der Waals surface area contributed by atoms with Gasteiger partial charge in [-0.25, -0.2) is 0 Å². The summed E-state index contributed by atoms with van der Waals surface area (Å²) in [4.78, 5) is 0. The molecule has 23 heavy (non-hydrogen) atoms. The Morgan fingerprint density at radius 2 is 2.04 bits per heavy atom. The van der Waals surface area contributed by atoms with Gasteiger partial charge >= 0.3 is 10.1 Å². The van der Waals surface area contributed by atoms with Crippen molar-refractivity contribution in [1.82, 2.24) is 0 Å². The van der Waals surface area contributed by atoms with Gasteiger partial charge in [0.05, 0.1) is 11.2 Å². The lowest BCUT2D eigenvalue weighted by Crippen LogP contribution is -2.34. The predicted molar refractivity (Wildman–Crippen MR) is 86.4 cm³/mol. The van der Waals surface area contributed by atoms with Crippen LogP contribution < -0.4 is 8.92 Å². The molecule has 130 valence electrons. The van der Waals surface area contributed by atoms with Crippen LogP contribution in [0.3, 0.4) is 0 Å². The van der Waals surface area contributed by atoms with Gasteiger partial charge in [-0.15, -0.1) is 0 Å². The molecule has 1 aliphatic heterocycles.